The fourth-order valence-corrected chi connectivity index (χ4v) is 2.83. The van der Waals surface area contributed by atoms with E-state index in [-0.39, 0.29) is 5.91 Å². The Hall–Kier alpha value is -0.640. The maximum atomic E-state index is 12.8. The second-order valence-electron chi connectivity index (χ2n) is 5.74. The van der Waals surface area contributed by atoms with Crippen LogP contribution in [0.4, 0.5) is 0 Å². The van der Waals surface area contributed by atoms with Crippen LogP contribution >= 0.6 is 12.2 Å². The third kappa shape index (κ3) is 3.02. The monoisotopic (exact) mass is 270 g/mol. The van der Waals surface area contributed by atoms with E-state index in [0.717, 1.165) is 19.4 Å². The summed E-state index contributed by atoms with van der Waals surface area (Å²) in [6, 6.07) is 0.423. The molecule has 0 aromatic heterocycles. The molecule has 0 aliphatic heterocycles. The minimum Gasteiger partial charge on any atom is -0.392 e. The molecule has 0 radical (unpaired) electrons. The molecule has 2 N–H and O–H groups in total. The zero-order valence-electron chi connectivity index (χ0n) is 12.0. The third-order valence-electron chi connectivity index (χ3n) is 3.90. The third-order valence-corrected chi connectivity index (χ3v) is 4.29. The van der Waals surface area contributed by atoms with E-state index in [2.05, 4.69) is 13.8 Å². The Labute approximate surface area is 116 Å². The molecule has 3 nitrogen and oxygen atoms in total. The first-order valence-electron chi connectivity index (χ1n) is 7.00. The summed E-state index contributed by atoms with van der Waals surface area (Å²) in [6.07, 6.45) is 3.64. The van der Waals surface area contributed by atoms with Crippen molar-refractivity contribution >= 4 is 23.1 Å². The van der Waals surface area contributed by atoms with Crippen LogP contribution in [-0.2, 0) is 4.79 Å². The zero-order chi connectivity index (χ0) is 13.9. The molecule has 1 rings (SSSR count). The van der Waals surface area contributed by atoms with Gasteiger partial charge in [0.2, 0.25) is 5.91 Å². The summed E-state index contributed by atoms with van der Waals surface area (Å²) in [6.45, 7) is 9.10. The van der Waals surface area contributed by atoms with E-state index < -0.39 is 5.41 Å². The molecule has 0 unspecified atom stereocenters. The molecule has 1 aliphatic rings. The molecule has 0 atom stereocenters. The van der Waals surface area contributed by atoms with Gasteiger partial charge in [-0.05, 0) is 31.6 Å². The van der Waals surface area contributed by atoms with Gasteiger partial charge in [-0.15, -0.1) is 0 Å². The van der Waals surface area contributed by atoms with Crippen LogP contribution in [0.5, 0.6) is 0 Å². The Kier molecular flexibility index (Phi) is 5.14. The fourth-order valence-electron chi connectivity index (χ4n) is 2.46. The Morgan fingerprint density at radius 2 is 1.89 bits per heavy atom. The number of carbonyl (C=O) groups is 1. The number of nitrogens with zero attached hydrogens (tertiary/aromatic N) is 1. The van der Waals surface area contributed by atoms with E-state index in [0.29, 0.717) is 29.8 Å². The van der Waals surface area contributed by atoms with Crippen LogP contribution in [0.2, 0.25) is 0 Å². The smallest absolute Gasteiger partial charge is 0.235 e. The molecule has 0 spiro atoms. The van der Waals surface area contributed by atoms with Crippen molar-refractivity contribution in [1.29, 1.82) is 0 Å². The van der Waals surface area contributed by atoms with Crippen LogP contribution in [0.3, 0.4) is 0 Å². The highest BCUT2D eigenvalue weighted by Gasteiger charge is 2.45. The summed E-state index contributed by atoms with van der Waals surface area (Å²) in [7, 11) is 0. The normalized spacial score (nSPS) is 15.8. The average Bonchev–Trinajstić information content (AvgIpc) is 3.11. The molecule has 0 bridgehead atoms. The summed E-state index contributed by atoms with van der Waals surface area (Å²) in [4.78, 5) is 15.2. The van der Waals surface area contributed by atoms with Gasteiger partial charge in [-0.25, -0.2) is 0 Å². The number of rotatable bonds is 7. The number of carbonyl (C=O) groups excluding carboxylic acids is 1. The van der Waals surface area contributed by atoms with Crippen molar-refractivity contribution in [1.82, 2.24) is 4.90 Å². The first-order valence-corrected chi connectivity index (χ1v) is 7.40. The Balaban J connectivity index is 2.95. The molecular formula is C14H26N2OS. The number of amides is 1. The molecular weight excluding hydrogens is 244 g/mol. The lowest BCUT2D eigenvalue weighted by Gasteiger charge is -2.36. The summed E-state index contributed by atoms with van der Waals surface area (Å²) in [5, 5.41) is 0. The molecule has 0 aromatic rings. The van der Waals surface area contributed by atoms with Crippen molar-refractivity contribution in [3.05, 3.63) is 0 Å². The second-order valence-corrected chi connectivity index (χ2v) is 6.18. The highest BCUT2D eigenvalue weighted by Crippen LogP contribution is 2.35. The molecule has 1 saturated carbocycles. The fraction of sp³-hybridized carbons (Fsp3) is 0.857. The summed E-state index contributed by atoms with van der Waals surface area (Å²) >= 11 is 5.17. The molecule has 1 fully saturated rings. The lowest BCUT2D eigenvalue weighted by atomic mass is 9.80. The maximum Gasteiger partial charge on any atom is 0.235 e. The number of hydrogen-bond donors (Lipinski definition) is 1. The van der Waals surface area contributed by atoms with Gasteiger partial charge in [0.05, 0.1) is 10.4 Å². The van der Waals surface area contributed by atoms with Gasteiger partial charge in [0.25, 0.3) is 0 Å². The minimum atomic E-state index is -0.632. The van der Waals surface area contributed by atoms with Crippen molar-refractivity contribution in [2.45, 2.75) is 59.4 Å². The predicted molar refractivity (Wildman–Crippen MR) is 79.4 cm³/mol. The van der Waals surface area contributed by atoms with Gasteiger partial charge < -0.3 is 10.6 Å². The van der Waals surface area contributed by atoms with Gasteiger partial charge >= 0.3 is 0 Å². The first-order chi connectivity index (χ1) is 8.39. The van der Waals surface area contributed by atoms with E-state index in [1.54, 1.807) is 0 Å². The van der Waals surface area contributed by atoms with Crippen molar-refractivity contribution in [2.75, 3.05) is 6.54 Å². The predicted octanol–water partition coefficient (Wildman–Crippen LogP) is 2.73. The maximum absolute atomic E-state index is 12.8. The summed E-state index contributed by atoms with van der Waals surface area (Å²) < 4.78 is 0. The van der Waals surface area contributed by atoms with E-state index in [9.17, 15) is 4.79 Å². The van der Waals surface area contributed by atoms with E-state index in [1.165, 1.54) is 0 Å². The van der Waals surface area contributed by atoms with Crippen LogP contribution in [0, 0.1) is 11.3 Å². The van der Waals surface area contributed by atoms with Gasteiger partial charge in [0.1, 0.15) is 0 Å². The first kappa shape index (κ1) is 15.4. The van der Waals surface area contributed by atoms with Gasteiger partial charge in [-0.3, -0.25) is 4.79 Å². The lowest BCUT2D eigenvalue weighted by Crippen LogP contribution is -2.51. The van der Waals surface area contributed by atoms with Gasteiger partial charge in [0, 0.05) is 12.6 Å². The van der Waals surface area contributed by atoms with E-state index in [4.69, 9.17) is 18.0 Å². The van der Waals surface area contributed by atoms with Crippen LogP contribution in [0.15, 0.2) is 0 Å². The standard InChI is InChI=1S/C14H26N2OS/c1-5-14(6-2,12(15)18)13(17)16(9-10(3)4)11-7-8-11/h10-11H,5-9H2,1-4H3,(H2,15,18). The number of nitrogens with two attached hydrogens (primary N) is 1. The van der Waals surface area contributed by atoms with Crippen molar-refractivity contribution in [2.24, 2.45) is 17.1 Å². The topological polar surface area (TPSA) is 46.3 Å². The van der Waals surface area contributed by atoms with Crippen molar-refractivity contribution < 1.29 is 4.79 Å². The molecule has 4 heteroatoms. The van der Waals surface area contributed by atoms with Crippen LogP contribution in [0.25, 0.3) is 0 Å². The zero-order valence-corrected chi connectivity index (χ0v) is 12.8. The molecule has 1 amide bonds. The Morgan fingerprint density at radius 3 is 2.17 bits per heavy atom. The molecule has 0 saturated heterocycles. The number of hydrogen-bond acceptors (Lipinski definition) is 2. The summed E-state index contributed by atoms with van der Waals surface area (Å²) in [5.41, 5.74) is 5.23. The molecule has 0 heterocycles. The minimum absolute atomic E-state index is 0.149. The molecule has 1 aliphatic carbocycles. The highest BCUT2D eigenvalue weighted by atomic mass is 32.1. The average molecular weight is 270 g/mol. The van der Waals surface area contributed by atoms with Crippen LogP contribution < -0.4 is 5.73 Å². The van der Waals surface area contributed by atoms with Gasteiger partial charge in [-0.2, -0.15) is 0 Å². The van der Waals surface area contributed by atoms with E-state index in [1.807, 2.05) is 18.7 Å². The second kappa shape index (κ2) is 6.00. The molecule has 0 aromatic carbocycles. The Bertz CT molecular complexity index is 320. The molecule has 104 valence electrons. The van der Waals surface area contributed by atoms with Crippen LogP contribution in [-0.4, -0.2) is 28.4 Å². The highest BCUT2D eigenvalue weighted by molar-refractivity contribution is 7.80. The summed E-state index contributed by atoms with van der Waals surface area (Å²) in [5.74, 6) is 0.628. The van der Waals surface area contributed by atoms with Crippen molar-refractivity contribution in [3.8, 4) is 0 Å². The van der Waals surface area contributed by atoms with Gasteiger partial charge in [0.15, 0.2) is 0 Å². The quantitative estimate of drug-likeness (QED) is 0.724. The van der Waals surface area contributed by atoms with Gasteiger partial charge in [-0.1, -0.05) is 39.9 Å². The SMILES string of the molecule is CCC(CC)(C(=O)N(CC(C)C)C1CC1)C(N)=S. The Morgan fingerprint density at radius 1 is 1.39 bits per heavy atom. The molecule has 18 heavy (non-hydrogen) atoms. The van der Waals surface area contributed by atoms with Crippen molar-refractivity contribution in [3.63, 3.8) is 0 Å². The number of thiocarbonyl (C=S) groups is 1. The van der Waals surface area contributed by atoms with E-state index >= 15 is 0 Å². The lowest BCUT2D eigenvalue weighted by molar-refractivity contribution is -0.139. The van der Waals surface area contributed by atoms with Crippen LogP contribution in [0.1, 0.15) is 53.4 Å². The largest absolute Gasteiger partial charge is 0.392 e.